The van der Waals surface area contributed by atoms with Crippen LogP contribution < -0.4 is 5.48 Å². The number of amides is 1. The van der Waals surface area contributed by atoms with Crippen molar-refractivity contribution in [3.05, 3.63) is 83.9 Å². The molecule has 1 heterocycles. The van der Waals surface area contributed by atoms with Gasteiger partial charge in [0, 0.05) is 17.4 Å². The monoisotopic (exact) mass is 349 g/mol. The number of hydrogen-bond donors (Lipinski definition) is 2. The molecule has 130 valence electrons. The van der Waals surface area contributed by atoms with E-state index in [9.17, 15) is 9.18 Å². The highest BCUT2D eigenvalue weighted by molar-refractivity contribution is 5.84. The van der Waals surface area contributed by atoms with Crippen molar-refractivity contribution in [3.8, 4) is 11.4 Å². The third-order valence-electron chi connectivity index (χ3n) is 4.79. The quantitative estimate of drug-likeness (QED) is 0.560. The minimum Gasteiger partial charge on any atom is -0.289 e. The Hall–Kier alpha value is -3.12. The molecule has 1 aliphatic rings. The maximum absolute atomic E-state index is 13.0. The van der Waals surface area contributed by atoms with Gasteiger partial charge in [0.25, 0.3) is 0 Å². The van der Waals surface area contributed by atoms with Crippen LogP contribution in [0.4, 0.5) is 4.39 Å². The van der Waals surface area contributed by atoms with E-state index in [0.29, 0.717) is 5.82 Å². The average molecular weight is 349 g/mol. The molecule has 26 heavy (non-hydrogen) atoms. The van der Waals surface area contributed by atoms with E-state index in [2.05, 4.69) is 9.97 Å². The Kier molecular flexibility index (Phi) is 4.18. The molecule has 0 saturated heterocycles. The van der Waals surface area contributed by atoms with Crippen molar-refractivity contribution in [1.82, 2.24) is 15.4 Å². The van der Waals surface area contributed by atoms with Gasteiger partial charge in [-0.25, -0.2) is 19.8 Å². The molecular formula is C20H16FN3O2. The molecule has 6 heteroatoms. The maximum Gasteiger partial charge on any atom is 0.247 e. The van der Waals surface area contributed by atoms with Crippen molar-refractivity contribution in [2.75, 3.05) is 0 Å². The molecule has 0 bridgehead atoms. The summed E-state index contributed by atoms with van der Waals surface area (Å²) in [6.45, 7) is 0. The summed E-state index contributed by atoms with van der Waals surface area (Å²) in [5.74, 6) is -0.709. The standard InChI is InChI=1S/C20H16FN3O2/c21-15-10-22-19(23-11-15)14-8-6-13(7-9-14)17-16(18(17)20(25)24-26)12-4-2-1-3-5-12/h1-11,16-18,26H,(H,24,25)/t16-,17-,18-/m1/s1. The van der Waals surface area contributed by atoms with Crippen LogP contribution in [0.5, 0.6) is 0 Å². The van der Waals surface area contributed by atoms with Crippen LogP contribution in [-0.4, -0.2) is 21.1 Å². The van der Waals surface area contributed by atoms with Gasteiger partial charge in [-0.05, 0) is 11.1 Å². The van der Waals surface area contributed by atoms with E-state index < -0.39 is 5.82 Å². The molecule has 1 saturated carbocycles. The fourth-order valence-corrected chi connectivity index (χ4v) is 3.53. The molecule has 3 aromatic rings. The lowest BCUT2D eigenvalue weighted by molar-refractivity contribution is -0.130. The van der Waals surface area contributed by atoms with Gasteiger partial charge in [-0.2, -0.15) is 0 Å². The van der Waals surface area contributed by atoms with Crippen LogP contribution in [0, 0.1) is 11.7 Å². The van der Waals surface area contributed by atoms with Crippen LogP contribution in [0.1, 0.15) is 23.0 Å². The lowest BCUT2D eigenvalue weighted by Gasteiger charge is -2.04. The zero-order valence-electron chi connectivity index (χ0n) is 13.7. The first-order valence-corrected chi connectivity index (χ1v) is 8.26. The Labute approximate surface area is 149 Å². The van der Waals surface area contributed by atoms with Crippen molar-refractivity contribution >= 4 is 5.91 Å². The Morgan fingerprint density at radius 2 is 1.50 bits per heavy atom. The van der Waals surface area contributed by atoms with Crippen LogP contribution in [0.2, 0.25) is 0 Å². The lowest BCUT2D eigenvalue weighted by atomic mass is 10.0. The Balaban J connectivity index is 1.61. The number of aromatic nitrogens is 2. The molecule has 1 aromatic heterocycles. The minimum atomic E-state index is -0.480. The Morgan fingerprint density at radius 3 is 2.08 bits per heavy atom. The Morgan fingerprint density at radius 1 is 0.923 bits per heavy atom. The smallest absolute Gasteiger partial charge is 0.247 e. The number of nitrogens with zero attached hydrogens (tertiary/aromatic N) is 2. The molecule has 2 N–H and O–H groups in total. The van der Waals surface area contributed by atoms with Crippen LogP contribution >= 0.6 is 0 Å². The molecule has 1 fully saturated rings. The fraction of sp³-hybridized carbons (Fsp3) is 0.150. The number of hydroxylamine groups is 1. The molecule has 0 unspecified atom stereocenters. The van der Waals surface area contributed by atoms with E-state index in [1.807, 2.05) is 54.6 Å². The van der Waals surface area contributed by atoms with Crippen molar-refractivity contribution in [3.63, 3.8) is 0 Å². The average Bonchev–Trinajstić information content (AvgIpc) is 3.44. The molecule has 0 aliphatic heterocycles. The largest absolute Gasteiger partial charge is 0.289 e. The van der Waals surface area contributed by atoms with Crippen LogP contribution in [0.15, 0.2) is 67.0 Å². The molecule has 4 rings (SSSR count). The summed E-state index contributed by atoms with van der Waals surface area (Å²) in [7, 11) is 0. The predicted molar refractivity (Wildman–Crippen MR) is 92.8 cm³/mol. The van der Waals surface area contributed by atoms with E-state index in [4.69, 9.17) is 5.21 Å². The van der Waals surface area contributed by atoms with Gasteiger partial charge >= 0.3 is 0 Å². The van der Waals surface area contributed by atoms with Crippen LogP contribution in [0.3, 0.4) is 0 Å². The van der Waals surface area contributed by atoms with E-state index in [0.717, 1.165) is 29.1 Å². The van der Waals surface area contributed by atoms with Gasteiger partial charge in [-0.15, -0.1) is 0 Å². The van der Waals surface area contributed by atoms with Crippen molar-refractivity contribution in [2.24, 2.45) is 5.92 Å². The summed E-state index contributed by atoms with van der Waals surface area (Å²) in [6, 6.07) is 17.3. The van der Waals surface area contributed by atoms with Gasteiger partial charge in [-0.1, -0.05) is 54.6 Å². The second-order valence-corrected chi connectivity index (χ2v) is 6.31. The lowest BCUT2D eigenvalue weighted by Crippen LogP contribution is -2.21. The first kappa shape index (κ1) is 16.4. The minimum absolute atomic E-state index is 0.00673. The number of rotatable bonds is 4. The van der Waals surface area contributed by atoms with E-state index in [-0.39, 0.29) is 23.7 Å². The van der Waals surface area contributed by atoms with Gasteiger partial charge < -0.3 is 0 Å². The zero-order chi connectivity index (χ0) is 18.1. The van der Waals surface area contributed by atoms with Crippen LogP contribution in [0.25, 0.3) is 11.4 Å². The van der Waals surface area contributed by atoms with Crippen LogP contribution in [-0.2, 0) is 4.79 Å². The molecule has 5 nitrogen and oxygen atoms in total. The molecule has 1 amide bonds. The molecule has 1 aliphatic carbocycles. The predicted octanol–water partition coefficient (Wildman–Crippen LogP) is 3.29. The SMILES string of the molecule is O=C(NO)[C@@H]1[C@H](c2ccccc2)[C@H]1c1ccc(-c2ncc(F)cn2)cc1. The number of carbonyl (C=O) groups excluding carboxylic acids is 1. The molecule has 0 radical (unpaired) electrons. The van der Waals surface area contributed by atoms with Gasteiger partial charge in [0.05, 0.1) is 18.3 Å². The number of hydrogen-bond acceptors (Lipinski definition) is 4. The molecule has 0 spiro atoms. The third kappa shape index (κ3) is 2.95. The van der Waals surface area contributed by atoms with Gasteiger partial charge in [-0.3, -0.25) is 10.0 Å². The van der Waals surface area contributed by atoms with Gasteiger partial charge in [0.2, 0.25) is 5.91 Å². The van der Waals surface area contributed by atoms with Crippen molar-refractivity contribution < 1.29 is 14.4 Å². The number of halogens is 1. The second-order valence-electron chi connectivity index (χ2n) is 6.31. The summed E-state index contributed by atoms with van der Waals surface area (Å²) >= 11 is 0. The highest BCUT2D eigenvalue weighted by Gasteiger charge is 2.56. The summed E-state index contributed by atoms with van der Waals surface area (Å²) in [5.41, 5.74) is 4.61. The highest BCUT2D eigenvalue weighted by Crippen LogP contribution is 2.60. The van der Waals surface area contributed by atoms with Gasteiger partial charge in [0.1, 0.15) is 0 Å². The fourth-order valence-electron chi connectivity index (χ4n) is 3.53. The summed E-state index contributed by atoms with van der Waals surface area (Å²) in [6.07, 6.45) is 2.26. The first-order valence-electron chi connectivity index (χ1n) is 8.26. The Bertz CT molecular complexity index is 914. The summed E-state index contributed by atoms with van der Waals surface area (Å²) in [4.78, 5) is 20.0. The van der Waals surface area contributed by atoms with Crippen molar-refractivity contribution in [1.29, 1.82) is 0 Å². The third-order valence-corrected chi connectivity index (χ3v) is 4.79. The normalized spacial score (nSPS) is 21.2. The van der Waals surface area contributed by atoms with Gasteiger partial charge in [0.15, 0.2) is 11.6 Å². The number of benzene rings is 2. The topological polar surface area (TPSA) is 75.1 Å². The van der Waals surface area contributed by atoms with E-state index >= 15 is 0 Å². The molecular weight excluding hydrogens is 333 g/mol. The highest BCUT2D eigenvalue weighted by atomic mass is 19.1. The van der Waals surface area contributed by atoms with E-state index in [1.165, 1.54) is 0 Å². The van der Waals surface area contributed by atoms with Crippen molar-refractivity contribution in [2.45, 2.75) is 11.8 Å². The maximum atomic E-state index is 13.0. The molecule has 2 aromatic carbocycles. The summed E-state index contributed by atoms with van der Waals surface area (Å²) < 4.78 is 13.0. The molecule has 3 atom stereocenters. The summed E-state index contributed by atoms with van der Waals surface area (Å²) in [5, 5.41) is 9.04. The number of nitrogens with one attached hydrogen (secondary N) is 1. The second kappa shape index (κ2) is 6.65. The number of carbonyl (C=O) groups is 1. The first-order chi connectivity index (χ1) is 12.7. The zero-order valence-corrected chi connectivity index (χ0v) is 13.7. The van der Waals surface area contributed by atoms with E-state index in [1.54, 1.807) is 5.48 Å².